The summed E-state index contributed by atoms with van der Waals surface area (Å²) in [6.07, 6.45) is 2.84. The molecule has 1 aromatic rings. The normalized spacial score (nSPS) is 20.5. The first-order chi connectivity index (χ1) is 8.56. The molecule has 1 aromatic heterocycles. The summed E-state index contributed by atoms with van der Waals surface area (Å²) in [5.41, 5.74) is 1.05. The van der Waals surface area contributed by atoms with Gasteiger partial charge in [0.1, 0.15) is 0 Å². The van der Waals surface area contributed by atoms with Crippen molar-refractivity contribution < 1.29 is 5.11 Å². The molecule has 0 bridgehead atoms. The maximum Gasteiger partial charge on any atom is 0.0960 e. The largest absolute Gasteiger partial charge is 0.393 e. The first-order valence-electron chi connectivity index (χ1n) is 6.92. The van der Waals surface area contributed by atoms with Crippen LogP contribution in [0.1, 0.15) is 50.2 Å². The lowest BCUT2D eigenvalue weighted by Gasteiger charge is -2.33. The van der Waals surface area contributed by atoms with E-state index in [1.807, 2.05) is 6.92 Å². The Morgan fingerprint density at radius 1 is 1.39 bits per heavy atom. The summed E-state index contributed by atoms with van der Waals surface area (Å²) >= 11 is 1.77. The van der Waals surface area contributed by atoms with Gasteiger partial charge in [0.2, 0.25) is 0 Å². The topological polar surface area (TPSA) is 36.4 Å². The molecular weight excluding hydrogens is 244 g/mol. The van der Waals surface area contributed by atoms with E-state index in [1.165, 1.54) is 30.9 Å². The van der Waals surface area contributed by atoms with Gasteiger partial charge in [-0.05, 0) is 46.7 Å². The van der Waals surface area contributed by atoms with Crippen LogP contribution in [-0.4, -0.2) is 40.2 Å². The number of aromatic nitrogens is 1. The zero-order chi connectivity index (χ0) is 13.1. The van der Waals surface area contributed by atoms with Crippen LogP contribution < -0.4 is 0 Å². The number of hydrogen-bond donors (Lipinski definition) is 1. The highest BCUT2D eigenvalue weighted by Gasteiger charge is 2.24. The summed E-state index contributed by atoms with van der Waals surface area (Å²) in [7, 11) is 0. The van der Waals surface area contributed by atoms with Crippen LogP contribution in [0, 0.1) is 0 Å². The molecule has 0 aromatic carbocycles. The average Bonchev–Trinajstić information content (AvgIpc) is 2.76. The molecule has 0 spiro atoms. The Morgan fingerprint density at radius 2 is 2.06 bits per heavy atom. The van der Waals surface area contributed by atoms with Crippen molar-refractivity contribution in [2.75, 3.05) is 13.1 Å². The van der Waals surface area contributed by atoms with E-state index in [-0.39, 0.29) is 6.10 Å². The lowest BCUT2D eigenvalue weighted by Crippen LogP contribution is -2.37. The van der Waals surface area contributed by atoms with Gasteiger partial charge in [-0.2, -0.15) is 0 Å². The molecule has 3 nitrogen and oxygen atoms in total. The Labute approximate surface area is 114 Å². The van der Waals surface area contributed by atoms with Gasteiger partial charge in [-0.3, -0.25) is 0 Å². The Bertz CT molecular complexity index is 368. The van der Waals surface area contributed by atoms with Crippen molar-refractivity contribution in [3.8, 4) is 0 Å². The number of thiazole rings is 1. The highest BCUT2D eigenvalue weighted by atomic mass is 32.1. The lowest BCUT2D eigenvalue weighted by atomic mass is 9.97. The lowest BCUT2D eigenvalue weighted by molar-refractivity contribution is 0.171. The maximum atomic E-state index is 9.38. The van der Waals surface area contributed by atoms with Crippen molar-refractivity contribution in [2.24, 2.45) is 0 Å². The number of nitrogens with zero attached hydrogens (tertiary/aromatic N) is 2. The highest BCUT2D eigenvalue weighted by molar-refractivity contribution is 7.09. The van der Waals surface area contributed by atoms with Gasteiger partial charge in [-0.1, -0.05) is 0 Å². The predicted octanol–water partition coefficient (Wildman–Crippen LogP) is 2.65. The summed E-state index contributed by atoms with van der Waals surface area (Å²) in [6.45, 7) is 8.73. The zero-order valence-corrected chi connectivity index (χ0v) is 12.4. The molecule has 102 valence electrons. The van der Waals surface area contributed by atoms with Crippen molar-refractivity contribution in [3.05, 3.63) is 16.1 Å². The van der Waals surface area contributed by atoms with Crippen LogP contribution in [0.15, 0.2) is 5.38 Å². The second-order valence-corrected chi connectivity index (χ2v) is 6.52. The second kappa shape index (κ2) is 6.13. The summed E-state index contributed by atoms with van der Waals surface area (Å²) < 4.78 is 0. The van der Waals surface area contributed by atoms with Crippen LogP contribution >= 0.6 is 11.3 Å². The molecule has 4 heteroatoms. The van der Waals surface area contributed by atoms with Crippen molar-refractivity contribution >= 4 is 11.3 Å². The van der Waals surface area contributed by atoms with Gasteiger partial charge in [-0.15, -0.1) is 11.3 Å². The molecule has 2 rings (SSSR count). The number of likely N-dealkylation sites (tertiary alicyclic amines) is 1. The van der Waals surface area contributed by atoms with Gasteiger partial charge >= 0.3 is 0 Å². The summed E-state index contributed by atoms with van der Waals surface area (Å²) in [5, 5.41) is 12.8. The number of rotatable bonds is 4. The standard InChI is InChI=1S/C14H24N2OS/c1-10(2)16-6-4-12(5-7-16)14-15-13(9-18-14)8-11(3)17/h9-12,17H,4-8H2,1-3H3. The molecule has 1 aliphatic rings. The van der Waals surface area contributed by atoms with E-state index in [1.54, 1.807) is 11.3 Å². The van der Waals surface area contributed by atoms with Gasteiger partial charge in [0.05, 0.1) is 16.8 Å². The molecule has 0 saturated carbocycles. The molecule has 1 saturated heterocycles. The number of hydrogen-bond acceptors (Lipinski definition) is 4. The number of piperidine rings is 1. The monoisotopic (exact) mass is 268 g/mol. The minimum atomic E-state index is -0.289. The van der Waals surface area contributed by atoms with E-state index < -0.39 is 0 Å². The first-order valence-corrected chi connectivity index (χ1v) is 7.80. The van der Waals surface area contributed by atoms with Crippen molar-refractivity contribution in [1.82, 2.24) is 9.88 Å². The predicted molar refractivity (Wildman–Crippen MR) is 76.2 cm³/mol. The molecule has 0 amide bonds. The zero-order valence-electron chi connectivity index (χ0n) is 11.6. The quantitative estimate of drug-likeness (QED) is 0.912. The first kappa shape index (κ1) is 14.0. The van der Waals surface area contributed by atoms with Crippen LogP contribution in [0.3, 0.4) is 0 Å². The van der Waals surface area contributed by atoms with Crippen molar-refractivity contribution in [1.29, 1.82) is 0 Å². The fourth-order valence-corrected chi connectivity index (χ4v) is 3.57. The van der Waals surface area contributed by atoms with Crippen LogP contribution in [0.25, 0.3) is 0 Å². The molecule has 0 aliphatic carbocycles. The molecule has 1 fully saturated rings. The number of aliphatic hydroxyl groups excluding tert-OH is 1. The van der Waals surface area contributed by atoms with Gasteiger partial charge in [-0.25, -0.2) is 4.98 Å². The van der Waals surface area contributed by atoms with Crippen LogP contribution in [0.2, 0.25) is 0 Å². The maximum absolute atomic E-state index is 9.38. The highest BCUT2D eigenvalue weighted by Crippen LogP contribution is 2.31. The summed E-state index contributed by atoms with van der Waals surface area (Å²) in [5.74, 6) is 0.632. The Kier molecular flexibility index (Phi) is 4.76. The molecule has 18 heavy (non-hydrogen) atoms. The van der Waals surface area contributed by atoms with E-state index in [9.17, 15) is 5.11 Å². The van der Waals surface area contributed by atoms with Crippen LogP contribution in [0.5, 0.6) is 0 Å². The Morgan fingerprint density at radius 3 is 2.61 bits per heavy atom. The minimum absolute atomic E-state index is 0.289. The SMILES string of the molecule is CC(O)Cc1csc(C2CCN(C(C)C)CC2)n1. The molecule has 1 N–H and O–H groups in total. The van der Waals surface area contributed by atoms with Crippen LogP contribution in [-0.2, 0) is 6.42 Å². The minimum Gasteiger partial charge on any atom is -0.393 e. The van der Waals surface area contributed by atoms with Crippen LogP contribution in [0.4, 0.5) is 0 Å². The van der Waals surface area contributed by atoms with Gasteiger partial charge in [0, 0.05) is 23.8 Å². The van der Waals surface area contributed by atoms with E-state index in [4.69, 9.17) is 0 Å². The fourth-order valence-electron chi connectivity index (χ4n) is 2.57. The molecule has 1 unspecified atom stereocenters. The van der Waals surface area contributed by atoms with Gasteiger partial charge in [0.15, 0.2) is 0 Å². The molecule has 1 aliphatic heterocycles. The van der Waals surface area contributed by atoms with Crippen molar-refractivity contribution in [2.45, 2.75) is 58.1 Å². The Balaban J connectivity index is 1.91. The Hall–Kier alpha value is -0.450. The third kappa shape index (κ3) is 3.53. The van der Waals surface area contributed by atoms with Gasteiger partial charge < -0.3 is 10.0 Å². The van der Waals surface area contributed by atoms with E-state index in [2.05, 4.69) is 29.1 Å². The third-order valence-electron chi connectivity index (χ3n) is 3.68. The molecule has 1 atom stereocenters. The smallest absolute Gasteiger partial charge is 0.0960 e. The average molecular weight is 268 g/mol. The molecular formula is C14H24N2OS. The van der Waals surface area contributed by atoms with E-state index in [0.717, 1.165) is 5.69 Å². The summed E-state index contributed by atoms with van der Waals surface area (Å²) in [4.78, 5) is 7.23. The second-order valence-electron chi connectivity index (χ2n) is 5.63. The molecule has 2 heterocycles. The van der Waals surface area contributed by atoms with Gasteiger partial charge in [0.25, 0.3) is 0 Å². The van der Waals surface area contributed by atoms with E-state index >= 15 is 0 Å². The van der Waals surface area contributed by atoms with Crippen molar-refractivity contribution in [3.63, 3.8) is 0 Å². The third-order valence-corrected chi connectivity index (χ3v) is 4.74. The number of aliphatic hydroxyl groups is 1. The molecule has 0 radical (unpaired) electrons. The summed E-state index contributed by atoms with van der Waals surface area (Å²) in [6, 6.07) is 0.660. The van der Waals surface area contributed by atoms with E-state index in [0.29, 0.717) is 18.4 Å². The fraction of sp³-hybridized carbons (Fsp3) is 0.786.